The minimum atomic E-state index is -0.164. The average Bonchev–Trinajstić information content (AvgIpc) is 2.68. The third kappa shape index (κ3) is 7.37. The first kappa shape index (κ1) is 20.9. The molecule has 0 fully saturated rings. The summed E-state index contributed by atoms with van der Waals surface area (Å²) in [4.78, 5) is 11.9. The summed E-state index contributed by atoms with van der Waals surface area (Å²) in [6.45, 7) is 4.01. The molecule has 2 aromatic rings. The summed E-state index contributed by atoms with van der Waals surface area (Å²) in [6, 6.07) is 13.0. The van der Waals surface area contributed by atoms with Crippen LogP contribution in [0.4, 0.5) is 0 Å². The molecule has 1 N–H and O–H groups in total. The molecule has 2 aromatic carbocycles. The number of nitrogens with zero attached hydrogens (tertiary/aromatic N) is 1. The Bertz CT molecular complexity index is 794. The Labute approximate surface area is 168 Å². The first-order valence-corrected chi connectivity index (χ1v) is 9.71. The Morgan fingerprint density at radius 2 is 2.04 bits per heavy atom. The lowest BCUT2D eigenvalue weighted by atomic mass is 10.2. The smallest absolute Gasteiger partial charge is 0.250 e. The van der Waals surface area contributed by atoms with Crippen molar-refractivity contribution in [3.8, 4) is 11.5 Å². The second kappa shape index (κ2) is 11.3. The van der Waals surface area contributed by atoms with Crippen LogP contribution in [0.5, 0.6) is 11.5 Å². The van der Waals surface area contributed by atoms with Gasteiger partial charge in [0.1, 0.15) is 6.61 Å². The molecule has 142 valence electrons. The number of benzene rings is 2. The zero-order chi connectivity index (χ0) is 19.5. The van der Waals surface area contributed by atoms with Gasteiger partial charge in [-0.3, -0.25) is 4.79 Å². The van der Waals surface area contributed by atoms with E-state index in [-0.39, 0.29) is 5.91 Å². The molecule has 5 nitrogen and oxygen atoms in total. The third-order valence-corrected chi connectivity index (χ3v) is 4.62. The van der Waals surface area contributed by atoms with Crippen molar-refractivity contribution in [2.45, 2.75) is 5.75 Å². The molecule has 1 amide bonds. The highest BCUT2D eigenvalue weighted by Crippen LogP contribution is 2.27. The lowest BCUT2D eigenvalue weighted by Gasteiger charge is -2.09. The summed E-state index contributed by atoms with van der Waals surface area (Å²) >= 11 is 7.36. The van der Waals surface area contributed by atoms with E-state index in [0.717, 1.165) is 16.9 Å². The van der Waals surface area contributed by atoms with Crippen LogP contribution < -0.4 is 14.9 Å². The Morgan fingerprint density at radius 3 is 2.74 bits per heavy atom. The van der Waals surface area contributed by atoms with E-state index in [1.807, 2.05) is 30.3 Å². The molecule has 0 aliphatic heterocycles. The molecule has 0 heterocycles. The number of hydrogen-bond acceptors (Lipinski definition) is 5. The zero-order valence-corrected chi connectivity index (χ0v) is 16.6. The number of ether oxygens (including phenoxy) is 2. The van der Waals surface area contributed by atoms with E-state index in [9.17, 15) is 4.79 Å². The molecule has 0 bridgehead atoms. The van der Waals surface area contributed by atoms with Gasteiger partial charge in [-0.05, 0) is 41.5 Å². The van der Waals surface area contributed by atoms with E-state index in [0.29, 0.717) is 28.9 Å². The van der Waals surface area contributed by atoms with Crippen molar-refractivity contribution in [2.75, 3.05) is 19.5 Å². The molecular formula is C20H21ClN2O3S. The van der Waals surface area contributed by atoms with Gasteiger partial charge in [0.15, 0.2) is 11.5 Å². The monoisotopic (exact) mass is 404 g/mol. The molecule has 27 heavy (non-hydrogen) atoms. The number of methoxy groups -OCH3 is 1. The van der Waals surface area contributed by atoms with E-state index in [4.69, 9.17) is 21.1 Å². The van der Waals surface area contributed by atoms with Crippen molar-refractivity contribution in [1.29, 1.82) is 0 Å². The minimum absolute atomic E-state index is 0.164. The van der Waals surface area contributed by atoms with Gasteiger partial charge in [-0.15, -0.1) is 11.8 Å². The van der Waals surface area contributed by atoms with Crippen LogP contribution >= 0.6 is 23.4 Å². The van der Waals surface area contributed by atoms with Crippen LogP contribution in [-0.2, 0) is 10.5 Å². The Balaban J connectivity index is 1.79. The molecule has 0 atom stereocenters. The number of halogens is 1. The van der Waals surface area contributed by atoms with E-state index >= 15 is 0 Å². The third-order valence-electron chi connectivity index (χ3n) is 3.36. The topological polar surface area (TPSA) is 59.9 Å². The van der Waals surface area contributed by atoms with Crippen LogP contribution in [0.1, 0.15) is 11.1 Å². The van der Waals surface area contributed by atoms with E-state index in [1.165, 1.54) is 11.8 Å². The number of carbonyl (C=O) groups is 1. The van der Waals surface area contributed by atoms with Crippen LogP contribution in [0.2, 0.25) is 5.02 Å². The maximum atomic E-state index is 11.9. The lowest BCUT2D eigenvalue weighted by Crippen LogP contribution is -2.19. The molecule has 7 heteroatoms. The van der Waals surface area contributed by atoms with Gasteiger partial charge >= 0.3 is 0 Å². The Hall–Kier alpha value is -2.44. The molecule has 0 spiro atoms. The summed E-state index contributed by atoms with van der Waals surface area (Å²) in [5.74, 6) is 2.10. The minimum Gasteiger partial charge on any atom is -0.493 e. The summed E-state index contributed by atoms with van der Waals surface area (Å²) < 4.78 is 10.8. The van der Waals surface area contributed by atoms with Crippen molar-refractivity contribution in [3.05, 3.63) is 71.3 Å². The van der Waals surface area contributed by atoms with Crippen LogP contribution in [0, 0.1) is 0 Å². The summed E-state index contributed by atoms with van der Waals surface area (Å²) in [7, 11) is 1.57. The summed E-state index contributed by atoms with van der Waals surface area (Å²) in [5, 5.41) is 4.68. The molecule has 0 unspecified atom stereocenters. The summed E-state index contributed by atoms with van der Waals surface area (Å²) in [5.41, 5.74) is 4.42. The number of amides is 1. The highest BCUT2D eigenvalue weighted by molar-refractivity contribution is 7.99. The number of hydrogen-bond donors (Lipinski definition) is 1. The van der Waals surface area contributed by atoms with Crippen molar-refractivity contribution >= 4 is 35.5 Å². The van der Waals surface area contributed by atoms with Gasteiger partial charge in [0, 0.05) is 10.8 Å². The SMILES string of the molecule is C=CCOc1ccc(C=NNC(=O)CSCc2ccc(Cl)cc2)cc1OC. The molecule has 0 saturated carbocycles. The zero-order valence-electron chi connectivity index (χ0n) is 15.0. The predicted octanol–water partition coefficient (Wildman–Crippen LogP) is 4.30. The number of carbonyl (C=O) groups excluding carboxylic acids is 1. The fourth-order valence-electron chi connectivity index (χ4n) is 2.09. The van der Waals surface area contributed by atoms with Crippen LogP contribution in [0.15, 0.2) is 60.2 Å². The van der Waals surface area contributed by atoms with Crippen molar-refractivity contribution < 1.29 is 14.3 Å². The first-order valence-electron chi connectivity index (χ1n) is 8.18. The molecule has 0 aliphatic carbocycles. The van der Waals surface area contributed by atoms with Gasteiger partial charge in [-0.1, -0.05) is 36.4 Å². The fraction of sp³-hybridized carbons (Fsp3) is 0.200. The predicted molar refractivity (Wildman–Crippen MR) is 112 cm³/mol. The largest absolute Gasteiger partial charge is 0.493 e. The molecule has 0 aliphatic rings. The average molecular weight is 405 g/mol. The lowest BCUT2D eigenvalue weighted by molar-refractivity contribution is -0.118. The highest BCUT2D eigenvalue weighted by Gasteiger charge is 2.05. The number of rotatable bonds is 10. The van der Waals surface area contributed by atoms with Gasteiger partial charge in [0.2, 0.25) is 5.91 Å². The summed E-state index contributed by atoms with van der Waals surface area (Å²) in [6.07, 6.45) is 3.22. The van der Waals surface area contributed by atoms with E-state index in [1.54, 1.807) is 31.5 Å². The molecular weight excluding hydrogens is 384 g/mol. The Morgan fingerprint density at radius 1 is 1.26 bits per heavy atom. The van der Waals surface area contributed by atoms with Crippen molar-refractivity contribution in [2.24, 2.45) is 5.10 Å². The van der Waals surface area contributed by atoms with Gasteiger partial charge < -0.3 is 9.47 Å². The standard InChI is InChI=1S/C20H21ClN2O3S/c1-3-10-26-18-9-6-16(11-19(18)25-2)12-22-23-20(24)14-27-13-15-4-7-17(21)8-5-15/h3-9,11-12H,1,10,13-14H2,2H3,(H,23,24). The van der Waals surface area contributed by atoms with E-state index in [2.05, 4.69) is 17.1 Å². The number of hydrazone groups is 1. The van der Waals surface area contributed by atoms with Crippen LogP contribution in [0.3, 0.4) is 0 Å². The normalized spacial score (nSPS) is 10.6. The number of thioether (sulfide) groups is 1. The first-order chi connectivity index (χ1) is 13.1. The molecule has 2 rings (SSSR count). The van der Waals surface area contributed by atoms with Crippen molar-refractivity contribution in [3.63, 3.8) is 0 Å². The molecule has 0 saturated heterocycles. The van der Waals surface area contributed by atoms with Crippen LogP contribution in [0.25, 0.3) is 0 Å². The quantitative estimate of drug-likeness (QED) is 0.364. The van der Waals surface area contributed by atoms with Crippen molar-refractivity contribution in [1.82, 2.24) is 5.43 Å². The van der Waals surface area contributed by atoms with E-state index < -0.39 is 0 Å². The highest BCUT2D eigenvalue weighted by atomic mass is 35.5. The Kier molecular flexibility index (Phi) is 8.74. The van der Waals surface area contributed by atoms with Gasteiger partial charge in [-0.25, -0.2) is 5.43 Å². The number of nitrogens with one attached hydrogen (secondary N) is 1. The van der Waals surface area contributed by atoms with Gasteiger partial charge in [-0.2, -0.15) is 5.10 Å². The van der Waals surface area contributed by atoms with Crippen LogP contribution in [-0.4, -0.2) is 31.6 Å². The second-order valence-corrected chi connectivity index (χ2v) is 6.84. The second-order valence-electron chi connectivity index (χ2n) is 5.42. The maximum Gasteiger partial charge on any atom is 0.250 e. The van der Waals surface area contributed by atoms with Gasteiger partial charge in [0.25, 0.3) is 0 Å². The van der Waals surface area contributed by atoms with Gasteiger partial charge in [0.05, 0.1) is 19.1 Å². The molecule has 0 aromatic heterocycles. The maximum absolute atomic E-state index is 11.9. The fourth-order valence-corrected chi connectivity index (χ4v) is 2.99. The molecule has 0 radical (unpaired) electrons.